The van der Waals surface area contributed by atoms with Gasteiger partial charge in [-0.3, -0.25) is 9.59 Å². The van der Waals surface area contributed by atoms with Crippen LogP contribution in [0.3, 0.4) is 0 Å². The zero-order chi connectivity index (χ0) is 19.2. The number of carbonyl (C=O) groups excluding carboxylic acids is 2. The summed E-state index contributed by atoms with van der Waals surface area (Å²) in [6.45, 7) is 1.00. The minimum absolute atomic E-state index is 0.0648. The molecule has 2 atom stereocenters. The first-order valence-electron chi connectivity index (χ1n) is 9.29. The number of benzene rings is 1. The molecular weight excluding hydrogens is 384 g/mol. The average molecular weight is 409 g/mol. The third-order valence-corrected chi connectivity index (χ3v) is 6.54. The van der Waals surface area contributed by atoms with Crippen molar-refractivity contribution in [1.82, 2.24) is 10.2 Å². The maximum absolute atomic E-state index is 13.1. The Kier molecular flexibility index (Phi) is 7.21. The molecule has 1 aliphatic heterocycles. The van der Waals surface area contributed by atoms with Gasteiger partial charge in [-0.15, -0.1) is 11.8 Å². The number of amides is 2. The van der Waals surface area contributed by atoms with E-state index >= 15 is 0 Å². The van der Waals surface area contributed by atoms with E-state index in [9.17, 15) is 9.59 Å². The standard InChI is InChI=1S/C20H25ClN2O3S/c1-26-10-9-22-19(24)13-23-16-7-2-3-8-17(16)27-18(20(23)25)12-14-5-4-6-15(21)11-14/h4-6,11-12,16-17H,2-3,7-10,13H2,1H3,(H,22,24)/b18-12+. The molecule has 7 heteroatoms. The zero-order valence-corrected chi connectivity index (χ0v) is 17.0. The van der Waals surface area contributed by atoms with Gasteiger partial charge in [0.1, 0.15) is 6.54 Å². The number of nitrogens with one attached hydrogen (secondary N) is 1. The van der Waals surface area contributed by atoms with Crippen molar-refractivity contribution in [1.29, 1.82) is 0 Å². The summed E-state index contributed by atoms with van der Waals surface area (Å²) in [6, 6.07) is 7.59. The molecule has 2 unspecified atom stereocenters. The van der Waals surface area contributed by atoms with Crippen LogP contribution >= 0.6 is 23.4 Å². The lowest BCUT2D eigenvalue weighted by molar-refractivity contribution is -0.135. The van der Waals surface area contributed by atoms with Gasteiger partial charge in [-0.25, -0.2) is 0 Å². The molecular formula is C20H25ClN2O3S. The highest BCUT2D eigenvalue weighted by Gasteiger charge is 2.41. The van der Waals surface area contributed by atoms with Crippen LogP contribution in [0.25, 0.3) is 6.08 Å². The van der Waals surface area contributed by atoms with Crippen LogP contribution in [-0.2, 0) is 14.3 Å². The molecule has 1 saturated heterocycles. The number of nitrogens with zero attached hydrogens (tertiary/aromatic N) is 1. The molecule has 5 nitrogen and oxygen atoms in total. The van der Waals surface area contributed by atoms with Gasteiger partial charge in [0.25, 0.3) is 5.91 Å². The fourth-order valence-corrected chi connectivity index (χ4v) is 5.28. The Morgan fingerprint density at radius 2 is 2.22 bits per heavy atom. The van der Waals surface area contributed by atoms with Gasteiger partial charge in [-0.05, 0) is 36.6 Å². The molecule has 1 aliphatic carbocycles. The summed E-state index contributed by atoms with van der Waals surface area (Å²) >= 11 is 7.72. The van der Waals surface area contributed by atoms with Crippen LogP contribution in [0, 0.1) is 0 Å². The van der Waals surface area contributed by atoms with Crippen LogP contribution in [0.5, 0.6) is 0 Å². The Labute approximate surface area is 169 Å². The van der Waals surface area contributed by atoms with E-state index in [-0.39, 0.29) is 24.4 Å². The fraction of sp³-hybridized carbons (Fsp3) is 0.500. The van der Waals surface area contributed by atoms with Crippen molar-refractivity contribution in [2.75, 3.05) is 26.8 Å². The lowest BCUT2D eigenvalue weighted by Crippen LogP contribution is -2.54. The zero-order valence-electron chi connectivity index (χ0n) is 15.4. The summed E-state index contributed by atoms with van der Waals surface area (Å²) in [7, 11) is 1.59. The summed E-state index contributed by atoms with van der Waals surface area (Å²) in [6.07, 6.45) is 6.18. The highest BCUT2D eigenvalue weighted by atomic mass is 35.5. The van der Waals surface area contributed by atoms with Crippen LogP contribution in [0.2, 0.25) is 5.02 Å². The lowest BCUT2D eigenvalue weighted by Gasteiger charge is -2.43. The van der Waals surface area contributed by atoms with Crippen LogP contribution < -0.4 is 5.32 Å². The van der Waals surface area contributed by atoms with Gasteiger partial charge in [-0.2, -0.15) is 0 Å². The maximum atomic E-state index is 13.1. The van der Waals surface area contributed by atoms with Gasteiger partial charge in [0.2, 0.25) is 5.91 Å². The molecule has 27 heavy (non-hydrogen) atoms. The summed E-state index contributed by atoms with van der Waals surface area (Å²) in [5, 5.41) is 3.80. The van der Waals surface area contributed by atoms with E-state index in [1.54, 1.807) is 23.8 Å². The first-order chi connectivity index (χ1) is 13.1. The van der Waals surface area contributed by atoms with Gasteiger partial charge < -0.3 is 15.0 Å². The van der Waals surface area contributed by atoms with E-state index < -0.39 is 0 Å². The van der Waals surface area contributed by atoms with E-state index in [2.05, 4.69) is 5.32 Å². The van der Waals surface area contributed by atoms with E-state index in [0.717, 1.165) is 24.8 Å². The number of ether oxygens (including phenoxy) is 1. The van der Waals surface area contributed by atoms with Gasteiger partial charge >= 0.3 is 0 Å². The minimum Gasteiger partial charge on any atom is -0.383 e. The number of rotatable bonds is 6. The van der Waals surface area contributed by atoms with E-state index in [4.69, 9.17) is 16.3 Å². The van der Waals surface area contributed by atoms with Crippen LogP contribution in [0.15, 0.2) is 29.2 Å². The smallest absolute Gasteiger partial charge is 0.261 e. The van der Waals surface area contributed by atoms with Crippen molar-refractivity contribution < 1.29 is 14.3 Å². The number of hydrogen-bond acceptors (Lipinski definition) is 4. The van der Waals surface area contributed by atoms with Gasteiger partial charge in [0.05, 0.1) is 11.5 Å². The van der Waals surface area contributed by atoms with Crippen molar-refractivity contribution in [3.63, 3.8) is 0 Å². The molecule has 1 aromatic carbocycles. The first-order valence-corrected chi connectivity index (χ1v) is 10.5. The second-order valence-electron chi connectivity index (χ2n) is 6.85. The second kappa shape index (κ2) is 9.62. The Morgan fingerprint density at radius 3 is 3.00 bits per heavy atom. The van der Waals surface area contributed by atoms with E-state index in [1.165, 1.54) is 6.42 Å². The molecule has 0 bridgehead atoms. The average Bonchev–Trinajstić information content (AvgIpc) is 2.65. The van der Waals surface area contributed by atoms with Crippen molar-refractivity contribution in [2.24, 2.45) is 0 Å². The predicted molar refractivity (Wildman–Crippen MR) is 110 cm³/mol. The second-order valence-corrected chi connectivity index (χ2v) is 8.56. The highest BCUT2D eigenvalue weighted by Crippen LogP contribution is 2.42. The molecule has 0 aromatic heterocycles. The number of carbonyl (C=O) groups is 2. The number of halogens is 1. The Morgan fingerprint density at radius 1 is 1.41 bits per heavy atom. The monoisotopic (exact) mass is 408 g/mol. The number of methoxy groups -OCH3 is 1. The molecule has 2 fully saturated rings. The predicted octanol–water partition coefficient (Wildman–Crippen LogP) is 3.33. The Balaban J connectivity index is 1.79. The molecule has 1 heterocycles. The molecule has 3 rings (SSSR count). The van der Waals surface area contributed by atoms with Crippen LogP contribution in [-0.4, -0.2) is 54.8 Å². The summed E-state index contributed by atoms with van der Waals surface area (Å²) in [5.74, 6) is -0.205. The number of thioether (sulfide) groups is 1. The summed E-state index contributed by atoms with van der Waals surface area (Å²) in [4.78, 5) is 27.9. The van der Waals surface area contributed by atoms with Gasteiger partial charge in [0.15, 0.2) is 0 Å². The SMILES string of the molecule is COCCNC(=O)CN1C(=O)/C(=C\c2cccc(Cl)c2)SC2CCCCC21. The van der Waals surface area contributed by atoms with E-state index in [1.807, 2.05) is 30.3 Å². The molecule has 2 amide bonds. The fourth-order valence-electron chi connectivity index (χ4n) is 3.61. The van der Waals surface area contributed by atoms with Crippen molar-refractivity contribution >= 4 is 41.3 Å². The molecule has 0 radical (unpaired) electrons. The Hall–Kier alpha value is -1.50. The van der Waals surface area contributed by atoms with Crippen molar-refractivity contribution in [3.8, 4) is 0 Å². The highest BCUT2D eigenvalue weighted by molar-refractivity contribution is 8.04. The van der Waals surface area contributed by atoms with Crippen LogP contribution in [0.4, 0.5) is 0 Å². The third kappa shape index (κ3) is 5.27. The quantitative estimate of drug-likeness (QED) is 0.579. The Bertz CT molecular complexity index is 725. The van der Waals surface area contributed by atoms with Crippen LogP contribution in [0.1, 0.15) is 31.2 Å². The lowest BCUT2D eigenvalue weighted by atomic mass is 9.93. The molecule has 1 saturated carbocycles. The molecule has 2 aliphatic rings. The largest absolute Gasteiger partial charge is 0.383 e. The minimum atomic E-state index is -0.140. The molecule has 0 spiro atoms. The first kappa shape index (κ1) is 20.2. The van der Waals surface area contributed by atoms with Crippen molar-refractivity contribution in [3.05, 3.63) is 39.8 Å². The summed E-state index contributed by atoms with van der Waals surface area (Å²) < 4.78 is 4.96. The van der Waals surface area contributed by atoms with E-state index in [0.29, 0.717) is 28.3 Å². The summed E-state index contributed by atoms with van der Waals surface area (Å²) in [5.41, 5.74) is 0.900. The molecule has 146 valence electrons. The number of fused-ring (bicyclic) bond motifs is 1. The normalized spacial score (nSPS) is 24.0. The molecule has 1 N–H and O–H groups in total. The van der Waals surface area contributed by atoms with Crippen molar-refractivity contribution in [2.45, 2.75) is 37.0 Å². The topological polar surface area (TPSA) is 58.6 Å². The van der Waals surface area contributed by atoms with Gasteiger partial charge in [-0.1, -0.05) is 36.6 Å². The van der Waals surface area contributed by atoms with Gasteiger partial charge in [0, 0.05) is 30.0 Å². The molecule has 1 aromatic rings. The maximum Gasteiger partial charge on any atom is 0.261 e. The third-order valence-electron chi connectivity index (χ3n) is 4.91. The number of hydrogen-bond donors (Lipinski definition) is 1.